The van der Waals surface area contributed by atoms with Gasteiger partial charge in [0.05, 0.1) is 6.61 Å². The van der Waals surface area contributed by atoms with E-state index >= 15 is 0 Å². The first-order valence-electron chi connectivity index (χ1n) is 5.93. The van der Waals surface area contributed by atoms with Crippen LogP contribution in [0.5, 0.6) is 5.75 Å². The average molecular weight is 230 g/mol. The number of ether oxygens (including phenoxy) is 1. The normalized spacial score (nSPS) is 9.29. The van der Waals surface area contributed by atoms with E-state index in [2.05, 4.69) is 18.8 Å². The third-order valence-electron chi connectivity index (χ3n) is 2.28. The minimum atomic E-state index is 0.120. The monoisotopic (exact) mass is 230 g/mol. The SMILES string of the molecule is CC#CCCC(=O)c1cccc(OCCC)c1. The summed E-state index contributed by atoms with van der Waals surface area (Å²) in [6, 6.07) is 7.35. The first-order chi connectivity index (χ1) is 8.27. The largest absolute Gasteiger partial charge is 0.494 e. The van der Waals surface area contributed by atoms with Crippen molar-refractivity contribution in [3.05, 3.63) is 29.8 Å². The van der Waals surface area contributed by atoms with E-state index in [4.69, 9.17) is 4.74 Å². The first-order valence-corrected chi connectivity index (χ1v) is 5.93. The molecule has 2 heteroatoms. The number of ketones is 1. The fourth-order valence-corrected chi connectivity index (χ4v) is 1.42. The van der Waals surface area contributed by atoms with Gasteiger partial charge in [-0.1, -0.05) is 19.1 Å². The van der Waals surface area contributed by atoms with E-state index in [1.54, 1.807) is 13.0 Å². The summed E-state index contributed by atoms with van der Waals surface area (Å²) in [5.74, 6) is 6.57. The highest BCUT2D eigenvalue weighted by Gasteiger charge is 2.05. The molecule has 1 aromatic rings. The van der Waals surface area contributed by atoms with Gasteiger partial charge in [-0.3, -0.25) is 4.79 Å². The van der Waals surface area contributed by atoms with Crippen LogP contribution < -0.4 is 4.74 Å². The maximum atomic E-state index is 11.8. The van der Waals surface area contributed by atoms with E-state index in [-0.39, 0.29) is 5.78 Å². The third kappa shape index (κ3) is 4.74. The molecule has 0 aliphatic heterocycles. The fourth-order valence-electron chi connectivity index (χ4n) is 1.42. The van der Waals surface area contributed by atoms with Gasteiger partial charge in [-0.2, -0.15) is 0 Å². The second-order valence-electron chi connectivity index (χ2n) is 3.73. The molecule has 0 amide bonds. The molecular formula is C15H18O2. The van der Waals surface area contributed by atoms with E-state index in [1.165, 1.54) is 0 Å². The van der Waals surface area contributed by atoms with Crippen LogP contribution in [0.2, 0.25) is 0 Å². The molecule has 0 heterocycles. The molecule has 1 aromatic carbocycles. The predicted molar refractivity (Wildman–Crippen MR) is 69.2 cm³/mol. The van der Waals surface area contributed by atoms with Crippen LogP contribution in [0.15, 0.2) is 24.3 Å². The van der Waals surface area contributed by atoms with Crippen molar-refractivity contribution in [1.82, 2.24) is 0 Å². The highest BCUT2D eigenvalue weighted by atomic mass is 16.5. The van der Waals surface area contributed by atoms with Crippen LogP contribution in [-0.2, 0) is 0 Å². The molecule has 0 radical (unpaired) electrons. The molecule has 0 aromatic heterocycles. The molecule has 0 atom stereocenters. The number of carbonyl (C=O) groups is 1. The number of Topliss-reactive ketones (excluding diaryl/α,β-unsaturated/α-hetero) is 1. The molecule has 0 spiro atoms. The summed E-state index contributed by atoms with van der Waals surface area (Å²) < 4.78 is 5.49. The van der Waals surface area contributed by atoms with E-state index in [0.29, 0.717) is 25.0 Å². The Morgan fingerprint density at radius 3 is 2.94 bits per heavy atom. The van der Waals surface area contributed by atoms with Crippen LogP contribution in [-0.4, -0.2) is 12.4 Å². The molecule has 2 nitrogen and oxygen atoms in total. The number of hydrogen-bond donors (Lipinski definition) is 0. The summed E-state index contributed by atoms with van der Waals surface area (Å²) in [6.45, 7) is 4.51. The Bertz CT molecular complexity index is 424. The van der Waals surface area contributed by atoms with Crippen LogP contribution in [0, 0.1) is 11.8 Å². The minimum Gasteiger partial charge on any atom is -0.494 e. The van der Waals surface area contributed by atoms with Crippen molar-refractivity contribution in [3.63, 3.8) is 0 Å². The standard InChI is InChI=1S/C15H18O2/c1-3-5-6-10-15(16)13-8-7-9-14(12-13)17-11-4-2/h7-9,12H,4,6,10-11H2,1-2H3. The maximum absolute atomic E-state index is 11.8. The van der Waals surface area contributed by atoms with Gasteiger partial charge in [-0.15, -0.1) is 11.8 Å². The van der Waals surface area contributed by atoms with Gasteiger partial charge in [0, 0.05) is 18.4 Å². The van der Waals surface area contributed by atoms with Gasteiger partial charge in [0.15, 0.2) is 5.78 Å². The average Bonchev–Trinajstić information content (AvgIpc) is 2.37. The van der Waals surface area contributed by atoms with Gasteiger partial charge in [0.2, 0.25) is 0 Å². The van der Waals surface area contributed by atoms with E-state index in [1.807, 2.05) is 18.2 Å². The minimum absolute atomic E-state index is 0.120. The molecule has 90 valence electrons. The van der Waals surface area contributed by atoms with E-state index < -0.39 is 0 Å². The van der Waals surface area contributed by atoms with Crippen molar-refractivity contribution in [2.24, 2.45) is 0 Å². The first kappa shape index (κ1) is 13.3. The van der Waals surface area contributed by atoms with Crippen molar-refractivity contribution in [1.29, 1.82) is 0 Å². The summed E-state index contributed by atoms with van der Waals surface area (Å²) in [5.41, 5.74) is 0.705. The van der Waals surface area contributed by atoms with Crippen molar-refractivity contribution in [2.45, 2.75) is 33.1 Å². The summed E-state index contributed by atoms with van der Waals surface area (Å²) in [5, 5.41) is 0. The summed E-state index contributed by atoms with van der Waals surface area (Å²) in [7, 11) is 0. The van der Waals surface area contributed by atoms with Gasteiger partial charge >= 0.3 is 0 Å². The second kappa shape index (κ2) is 7.51. The van der Waals surface area contributed by atoms with Crippen LogP contribution in [0.4, 0.5) is 0 Å². The highest BCUT2D eigenvalue weighted by Crippen LogP contribution is 2.15. The molecule has 1 rings (SSSR count). The van der Waals surface area contributed by atoms with Crippen LogP contribution in [0.25, 0.3) is 0 Å². The van der Waals surface area contributed by atoms with Gasteiger partial charge < -0.3 is 4.74 Å². The van der Waals surface area contributed by atoms with E-state index in [9.17, 15) is 4.79 Å². The van der Waals surface area contributed by atoms with Gasteiger partial charge in [-0.25, -0.2) is 0 Å². The lowest BCUT2D eigenvalue weighted by Gasteiger charge is -2.05. The molecule has 0 fully saturated rings. The molecule has 0 bridgehead atoms. The van der Waals surface area contributed by atoms with E-state index in [0.717, 1.165) is 12.2 Å². The van der Waals surface area contributed by atoms with Gasteiger partial charge in [0.1, 0.15) is 5.75 Å². The Labute approximate surface area is 103 Å². The summed E-state index contributed by atoms with van der Waals surface area (Å²) >= 11 is 0. The fraction of sp³-hybridized carbons (Fsp3) is 0.400. The lowest BCUT2D eigenvalue weighted by molar-refractivity contribution is 0.0984. The van der Waals surface area contributed by atoms with Crippen molar-refractivity contribution in [2.75, 3.05) is 6.61 Å². The molecule has 0 unspecified atom stereocenters. The lowest BCUT2D eigenvalue weighted by atomic mass is 10.1. The smallest absolute Gasteiger partial charge is 0.163 e. The highest BCUT2D eigenvalue weighted by molar-refractivity contribution is 5.96. The molecule has 0 saturated carbocycles. The number of benzene rings is 1. The Morgan fingerprint density at radius 2 is 2.24 bits per heavy atom. The zero-order chi connectivity index (χ0) is 12.5. The molecule has 0 N–H and O–H groups in total. The number of carbonyl (C=O) groups excluding carboxylic acids is 1. The zero-order valence-electron chi connectivity index (χ0n) is 10.5. The van der Waals surface area contributed by atoms with Crippen molar-refractivity contribution >= 4 is 5.78 Å². The van der Waals surface area contributed by atoms with Crippen LogP contribution >= 0.6 is 0 Å². The molecule has 0 saturated heterocycles. The summed E-state index contributed by atoms with van der Waals surface area (Å²) in [6.07, 6.45) is 2.05. The van der Waals surface area contributed by atoms with Crippen LogP contribution in [0.3, 0.4) is 0 Å². The molecular weight excluding hydrogens is 212 g/mol. The van der Waals surface area contributed by atoms with Gasteiger partial charge in [-0.05, 0) is 25.5 Å². The Hall–Kier alpha value is -1.75. The molecule has 0 aliphatic rings. The third-order valence-corrected chi connectivity index (χ3v) is 2.28. The second-order valence-corrected chi connectivity index (χ2v) is 3.73. The number of hydrogen-bond acceptors (Lipinski definition) is 2. The van der Waals surface area contributed by atoms with Crippen molar-refractivity contribution < 1.29 is 9.53 Å². The quantitative estimate of drug-likeness (QED) is 0.552. The predicted octanol–water partition coefficient (Wildman–Crippen LogP) is 3.46. The molecule has 0 aliphatic carbocycles. The zero-order valence-corrected chi connectivity index (χ0v) is 10.5. The van der Waals surface area contributed by atoms with Crippen molar-refractivity contribution in [3.8, 4) is 17.6 Å². The topological polar surface area (TPSA) is 26.3 Å². The lowest BCUT2D eigenvalue weighted by Crippen LogP contribution is -2.00. The van der Waals surface area contributed by atoms with Gasteiger partial charge in [0.25, 0.3) is 0 Å². The summed E-state index contributed by atoms with van der Waals surface area (Å²) in [4.78, 5) is 11.8. The Morgan fingerprint density at radius 1 is 1.41 bits per heavy atom. The number of rotatable bonds is 6. The maximum Gasteiger partial charge on any atom is 0.163 e. The Kier molecular flexibility index (Phi) is 5.88. The molecule has 17 heavy (non-hydrogen) atoms. The van der Waals surface area contributed by atoms with Crippen LogP contribution in [0.1, 0.15) is 43.5 Å². The Balaban J connectivity index is 2.62.